The number of nitrogens with one attached hydrogen (secondary N) is 1. The molecule has 1 aromatic carbocycles. The zero-order chi connectivity index (χ0) is 19.3. The van der Waals surface area contributed by atoms with Crippen LogP contribution in [0.5, 0.6) is 0 Å². The van der Waals surface area contributed by atoms with E-state index < -0.39 is 39.6 Å². The lowest BCUT2D eigenvalue weighted by Crippen LogP contribution is -2.36. The van der Waals surface area contributed by atoms with Crippen LogP contribution in [0, 0.1) is 0 Å². The Balaban J connectivity index is 2.20. The fraction of sp³-hybridized carbons (Fsp3) is 0.200. The molecule has 1 N–H and O–H groups in total. The van der Waals surface area contributed by atoms with Crippen molar-refractivity contribution in [3.63, 3.8) is 0 Å². The molecule has 0 atom stereocenters. The number of fused-ring (bicyclic) bond motifs is 1. The van der Waals surface area contributed by atoms with Crippen LogP contribution in [0.25, 0.3) is 10.9 Å². The number of nitrogens with zero attached hydrogens (tertiary/aromatic N) is 2. The van der Waals surface area contributed by atoms with Gasteiger partial charge in [0.1, 0.15) is 0 Å². The van der Waals surface area contributed by atoms with Crippen molar-refractivity contribution in [1.82, 2.24) is 13.5 Å². The Kier molecular flexibility index (Phi) is 4.06. The number of halogens is 3. The van der Waals surface area contributed by atoms with E-state index in [1.54, 1.807) is 0 Å². The number of rotatable bonds is 3. The van der Waals surface area contributed by atoms with Crippen LogP contribution in [0.1, 0.15) is 11.3 Å². The number of alkyl halides is 3. The van der Waals surface area contributed by atoms with Crippen LogP contribution >= 0.6 is 0 Å². The second-order valence-electron chi connectivity index (χ2n) is 5.64. The lowest BCUT2D eigenvalue weighted by atomic mass is 10.1. The van der Waals surface area contributed by atoms with E-state index in [1.807, 2.05) is 0 Å². The van der Waals surface area contributed by atoms with Gasteiger partial charge in [-0.25, -0.2) is 17.2 Å². The predicted octanol–water partition coefficient (Wildman–Crippen LogP) is 1.37. The van der Waals surface area contributed by atoms with E-state index in [1.165, 1.54) is 18.3 Å². The molecule has 2 heterocycles. The Morgan fingerprint density at radius 1 is 1.15 bits per heavy atom. The molecular formula is C15H12F3N3O4S. The van der Waals surface area contributed by atoms with Crippen LogP contribution in [-0.4, -0.2) is 28.2 Å². The Bertz CT molecular complexity index is 1220. The number of hydrogen-bond acceptors (Lipinski definition) is 4. The number of aromatic nitrogens is 3. The molecule has 0 radical (unpaired) electrons. The molecule has 26 heavy (non-hydrogen) atoms. The topological polar surface area (TPSA) is 93.9 Å². The van der Waals surface area contributed by atoms with Crippen molar-refractivity contribution in [3.8, 4) is 0 Å². The molecule has 0 fully saturated rings. The van der Waals surface area contributed by atoms with E-state index in [2.05, 4.69) is 4.98 Å². The lowest BCUT2D eigenvalue weighted by molar-refractivity contribution is -0.137. The molecule has 0 saturated heterocycles. The van der Waals surface area contributed by atoms with Crippen LogP contribution < -0.4 is 11.2 Å². The van der Waals surface area contributed by atoms with Crippen molar-refractivity contribution in [2.24, 2.45) is 0 Å². The minimum atomic E-state index is -4.65. The van der Waals surface area contributed by atoms with Crippen molar-refractivity contribution in [1.29, 1.82) is 0 Å². The van der Waals surface area contributed by atoms with Gasteiger partial charge < -0.3 is 4.98 Å². The van der Waals surface area contributed by atoms with Crippen LogP contribution in [0.3, 0.4) is 0 Å². The van der Waals surface area contributed by atoms with Gasteiger partial charge in [0.2, 0.25) is 10.0 Å². The summed E-state index contributed by atoms with van der Waals surface area (Å²) in [6, 6.07) is 5.22. The summed E-state index contributed by atoms with van der Waals surface area (Å²) in [6.07, 6.45) is -2.46. The average molecular weight is 387 g/mol. The van der Waals surface area contributed by atoms with Crippen molar-refractivity contribution in [3.05, 3.63) is 68.6 Å². The van der Waals surface area contributed by atoms with Crippen molar-refractivity contribution in [2.45, 2.75) is 12.7 Å². The molecule has 0 bridgehead atoms. The molecule has 0 saturated carbocycles. The number of hydrogen-bond donors (Lipinski definition) is 1. The molecule has 3 aromatic rings. The molecule has 0 amide bonds. The fourth-order valence-electron chi connectivity index (χ4n) is 2.58. The largest absolute Gasteiger partial charge is 0.416 e. The summed E-state index contributed by atoms with van der Waals surface area (Å²) in [4.78, 5) is 27.0. The van der Waals surface area contributed by atoms with Gasteiger partial charge in [-0.3, -0.25) is 9.36 Å². The summed E-state index contributed by atoms with van der Waals surface area (Å²) in [5, 5.41) is -0.322. The van der Waals surface area contributed by atoms with Gasteiger partial charge in [-0.2, -0.15) is 13.2 Å². The maximum atomic E-state index is 12.9. The molecule has 0 spiro atoms. The minimum Gasteiger partial charge on any atom is -0.307 e. The molecule has 7 nitrogen and oxygen atoms in total. The second-order valence-corrected chi connectivity index (χ2v) is 7.50. The van der Waals surface area contributed by atoms with E-state index >= 15 is 0 Å². The molecule has 0 unspecified atom stereocenters. The number of aromatic amines is 1. The summed E-state index contributed by atoms with van der Waals surface area (Å²) in [7, 11) is -3.66. The lowest BCUT2D eigenvalue weighted by Gasteiger charge is -2.11. The van der Waals surface area contributed by atoms with E-state index in [9.17, 15) is 31.2 Å². The van der Waals surface area contributed by atoms with E-state index in [-0.39, 0.29) is 16.6 Å². The molecular weight excluding hydrogens is 375 g/mol. The maximum absolute atomic E-state index is 12.9. The highest BCUT2D eigenvalue weighted by Gasteiger charge is 2.31. The van der Waals surface area contributed by atoms with E-state index in [4.69, 9.17) is 0 Å². The van der Waals surface area contributed by atoms with Crippen LogP contribution in [0.2, 0.25) is 0 Å². The Hall–Kier alpha value is -2.82. The van der Waals surface area contributed by atoms with Gasteiger partial charge in [-0.1, -0.05) is 0 Å². The van der Waals surface area contributed by atoms with Gasteiger partial charge in [-0.05, 0) is 30.3 Å². The smallest absolute Gasteiger partial charge is 0.307 e. The molecule has 0 aliphatic heterocycles. The van der Waals surface area contributed by atoms with Crippen LogP contribution in [-0.2, 0) is 22.7 Å². The van der Waals surface area contributed by atoms with Gasteiger partial charge in [-0.15, -0.1) is 0 Å². The minimum absolute atomic E-state index is 0.0391. The first-order valence-electron chi connectivity index (χ1n) is 7.19. The first kappa shape index (κ1) is 18.0. The van der Waals surface area contributed by atoms with E-state index in [0.717, 1.165) is 22.4 Å². The summed E-state index contributed by atoms with van der Waals surface area (Å²) >= 11 is 0. The zero-order valence-corrected chi connectivity index (χ0v) is 14.1. The highest BCUT2D eigenvalue weighted by atomic mass is 32.2. The average Bonchev–Trinajstić information content (AvgIpc) is 2.98. The van der Waals surface area contributed by atoms with E-state index in [0.29, 0.717) is 10.6 Å². The summed E-state index contributed by atoms with van der Waals surface area (Å²) in [5.74, 6) is 0. The maximum Gasteiger partial charge on any atom is 0.416 e. The van der Waals surface area contributed by atoms with Gasteiger partial charge in [0.15, 0.2) is 0 Å². The van der Waals surface area contributed by atoms with Crippen molar-refractivity contribution in [2.75, 3.05) is 6.26 Å². The van der Waals surface area contributed by atoms with Gasteiger partial charge >= 0.3 is 11.9 Å². The molecule has 3 rings (SSSR count). The predicted molar refractivity (Wildman–Crippen MR) is 87.6 cm³/mol. The molecule has 11 heteroatoms. The Morgan fingerprint density at radius 3 is 2.46 bits per heavy atom. The molecule has 138 valence electrons. The highest BCUT2D eigenvalue weighted by Crippen LogP contribution is 2.30. The molecule has 0 aliphatic rings. The van der Waals surface area contributed by atoms with Crippen molar-refractivity contribution >= 4 is 20.9 Å². The number of benzene rings is 1. The highest BCUT2D eigenvalue weighted by molar-refractivity contribution is 7.89. The quantitative estimate of drug-likeness (QED) is 0.734. The molecule has 0 aliphatic carbocycles. The third-order valence-corrected chi connectivity index (χ3v) is 4.85. The Labute approximate surface area is 144 Å². The van der Waals surface area contributed by atoms with Gasteiger partial charge in [0.25, 0.3) is 5.56 Å². The Morgan fingerprint density at radius 2 is 1.85 bits per heavy atom. The first-order chi connectivity index (χ1) is 12.0. The van der Waals surface area contributed by atoms with Crippen molar-refractivity contribution < 1.29 is 21.6 Å². The second kappa shape index (κ2) is 5.87. The summed E-state index contributed by atoms with van der Waals surface area (Å²) < 4.78 is 63.5. The third-order valence-electron chi connectivity index (χ3n) is 3.78. The van der Waals surface area contributed by atoms with Crippen LogP contribution in [0.15, 0.2) is 46.1 Å². The molecule has 2 aromatic heterocycles. The SMILES string of the molecule is CS(=O)(=O)n1cccc1Cn1c(=O)[nH]c2ccc(C(F)(F)F)cc2c1=O. The summed E-state index contributed by atoms with van der Waals surface area (Å²) in [6.45, 7) is -0.416. The third kappa shape index (κ3) is 3.17. The standard InChI is InChI=1S/C15H12F3N3O4S/c1-26(24,25)21-6-2-3-10(21)8-20-13(22)11-7-9(15(16,17)18)4-5-12(11)19-14(20)23/h2-7H,8H2,1H3,(H,19,23). The zero-order valence-electron chi connectivity index (χ0n) is 13.2. The van der Waals surface area contributed by atoms with Crippen LogP contribution in [0.4, 0.5) is 13.2 Å². The summed E-state index contributed by atoms with van der Waals surface area (Å²) in [5.41, 5.74) is -2.76. The first-order valence-corrected chi connectivity index (χ1v) is 9.04. The number of H-pyrrole nitrogens is 1. The monoisotopic (exact) mass is 387 g/mol. The normalized spacial score (nSPS) is 12.6. The fourth-order valence-corrected chi connectivity index (χ4v) is 3.42. The van der Waals surface area contributed by atoms with Gasteiger partial charge in [0.05, 0.1) is 35.0 Å². The van der Waals surface area contributed by atoms with Gasteiger partial charge in [0, 0.05) is 6.20 Å².